The summed E-state index contributed by atoms with van der Waals surface area (Å²) in [6, 6.07) is 0. The first-order valence-electron chi connectivity index (χ1n) is 8.68. The Bertz CT molecular complexity index is 586. The smallest absolute Gasteiger partial charge is 0.245 e. The predicted octanol–water partition coefficient (Wildman–Crippen LogP) is 1.27. The highest BCUT2D eigenvalue weighted by Gasteiger charge is 2.42. The van der Waals surface area contributed by atoms with Gasteiger partial charge >= 0.3 is 0 Å². The van der Waals surface area contributed by atoms with Gasteiger partial charge in [0, 0.05) is 31.8 Å². The van der Waals surface area contributed by atoms with Crippen LogP contribution in [0.2, 0.25) is 0 Å². The maximum absolute atomic E-state index is 12.4. The van der Waals surface area contributed by atoms with Crippen LogP contribution in [0.15, 0.2) is 12.7 Å². The zero-order valence-electron chi connectivity index (χ0n) is 14.4. The van der Waals surface area contributed by atoms with Crippen molar-refractivity contribution in [3.63, 3.8) is 0 Å². The molecule has 0 bridgehead atoms. The minimum atomic E-state index is -3.22. The molecule has 7 heteroatoms. The van der Waals surface area contributed by atoms with Gasteiger partial charge in [0.25, 0.3) is 0 Å². The van der Waals surface area contributed by atoms with Crippen LogP contribution in [0.25, 0.3) is 0 Å². The number of hydrogen-bond donors (Lipinski definition) is 1. The maximum Gasteiger partial charge on any atom is 0.245 e. The van der Waals surface area contributed by atoms with Gasteiger partial charge in [0.15, 0.2) is 9.84 Å². The van der Waals surface area contributed by atoms with E-state index >= 15 is 0 Å². The number of nitrogens with zero attached hydrogens (tertiary/aromatic N) is 1. The van der Waals surface area contributed by atoms with E-state index in [2.05, 4.69) is 11.9 Å². The summed E-state index contributed by atoms with van der Waals surface area (Å²) in [5.41, 5.74) is 0. The Labute approximate surface area is 144 Å². The lowest BCUT2D eigenvalue weighted by Crippen LogP contribution is -2.51. The van der Waals surface area contributed by atoms with Crippen molar-refractivity contribution in [2.45, 2.75) is 49.7 Å². The van der Waals surface area contributed by atoms with Crippen LogP contribution < -0.4 is 5.32 Å². The first-order chi connectivity index (χ1) is 11.3. The van der Waals surface area contributed by atoms with Gasteiger partial charge in [-0.15, -0.1) is 0 Å². The monoisotopic (exact) mass is 356 g/mol. The van der Waals surface area contributed by atoms with Crippen LogP contribution in [0.5, 0.6) is 0 Å². The first-order valence-corrected chi connectivity index (χ1v) is 10.6. The van der Waals surface area contributed by atoms with Crippen molar-refractivity contribution in [1.29, 1.82) is 0 Å². The van der Waals surface area contributed by atoms with E-state index in [0.717, 1.165) is 19.3 Å². The van der Waals surface area contributed by atoms with Crippen LogP contribution in [0.3, 0.4) is 0 Å². The van der Waals surface area contributed by atoms with Gasteiger partial charge in [0.1, 0.15) is 0 Å². The number of carbonyl (C=O) groups excluding carboxylic acids is 2. The third-order valence-electron chi connectivity index (χ3n) is 5.49. The molecule has 6 nitrogen and oxygen atoms in total. The van der Waals surface area contributed by atoms with E-state index in [1.165, 1.54) is 12.3 Å². The van der Waals surface area contributed by atoms with Gasteiger partial charge < -0.3 is 10.2 Å². The molecule has 1 aliphatic heterocycles. The summed E-state index contributed by atoms with van der Waals surface area (Å²) in [6.45, 7) is 4.76. The molecule has 24 heavy (non-hydrogen) atoms. The van der Waals surface area contributed by atoms with E-state index in [1.54, 1.807) is 4.90 Å². The van der Waals surface area contributed by atoms with Crippen LogP contribution in [0.1, 0.15) is 44.9 Å². The molecule has 0 aromatic carbocycles. The standard InChI is InChI=1S/C17H28N2O4S/c1-3-15(20)19-11-7-14(8-12-19)16(21)18-13-17(24(2,22)23)9-5-4-6-10-17/h3,14H,1,4-13H2,2H3,(H,18,21). The summed E-state index contributed by atoms with van der Waals surface area (Å²) in [5, 5.41) is 2.89. The van der Waals surface area contributed by atoms with E-state index < -0.39 is 14.6 Å². The molecule has 1 N–H and O–H groups in total. The molecule has 2 fully saturated rings. The van der Waals surface area contributed by atoms with Crippen molar-refractivity contribution in [2.24, 2.45) is 5.92 Å². The van der Waals surface area contributed by atoms with Crippen LogP contribution in [-0.4, -0.2) is 55.8 Å². The third-order valence-corrected chi connectivity index (χ3v) is 7.61. The van der Waals surface area contributed by atoms with Gasteiger partial charge in [-0.05, 0) is 31.8 Å². The number of hydrogen-bond acceptors (Lipinski definition) is 4. The van der Waals surface area contributed by atoms with Gasteiger partial charge in [-0.25, -0.2) is 8.42 Å². The number of sulfone groups is 1. The highest BCUT2D eigenvalue weighted by atomic mass is 32.2. The summed E-state index contributed by atoms with van der Waals surface area (Å²) in [6.07, 6.45) is 7.88. The summed E-state index contributed by atoms with van der Waals surface area (Å²) in [4.78, 5) is 25.7. The molecule has 1 aliphatic carbocycles. The summed E-state index contributed by atoms with van der Waals surface area (Å²) in [7, 11) is -3.22. The van der Waals surface area contributed by atoms with Crippen molar-refractivity contribution in [3.8, 4) is 0 Å². The number of likely N-dealkylation sites (tertiary alicyclic amines) is 1. The molecule has 136 valence electrons. The molecule has 1 saturated heterocycles. The normalized spacial score (nSPS) is 22.0. The van der Waals surface area contributed by atoms with Crippen LogP contribution in [0.4, 0.5) is 0 Å². The SMILES string of the molecule is C=CC(=O)N1CCC(C(=O)NCC2(S(C)(=O)=O)CCCCC2)CC1. The fourth-order valence-electron chi connectivity index (χ4n) is 3.76. The molecule has 1 saturated carbocycles. The molecule has 0 radical (unpaired) electrons. The Morgan fingerprint density at radius 1 is 1.21 bits per heavy atom. The largest absolute Gasteiger partial charge is 0.354 e. The average molecular weight is 356 g/mol. The molecular formula is C17H28N2O4S. The number of carbonyl (C=O) groups is 2. The second-order valence-corrected chi connectivity index (χ2v) is 9.45. The van der Waals surface area contributed by atoms with Gasteiger partial charge in [-0.1, -0.05) is 25.8 Å². The predicted molar refractivity (Wildman–Crippen MR) is 93.2 cm³/mol. The van der Waals surface area contributed by atoms with E-state index in [1.807, 2.05) is 0 Å². The van der Waals surface area contributed by atoms with Crippen LogP contribution in [-0.2, 0) is 19.4 Å². The highest BCUT2D eigenvalue weighted by molar-refractivity contribution is 7.92. The molecule has 0 unspecified atom stereocenters. The van der Waals surface area contributed by atoms with Gasteiger partial charge in [0.05, 0.1) is 4.75 Å². The van der Waals surface area contributed by atoms with Crippen molar-refractivity contribution in [2.75, 3.05) is 25.9 Å². The van der Waals surface area contributed by atoms with E-state index in [4.69, 9.17) is 0 Å². The number of piperidine rings is 1. The van der Waals surface area contributed by atoms with E-state index in [0.29, 0.717) is 38.8 Å². The van der Waals surface area contributed by atoms with E-state index in [9.17, 15) is 18.0 Å². The van der Waals surface area contributed by atoms with E-state index in [-0.39, 0.29) is 24.3 Å². The Hall–Kier alpha value is -1.37. The van der Waals surface area contributed by atoms with Crippen molar-refractivity contribution in [3.05, 3.63) is 12.7 Å². The molecule has 0 aromatic rings. The Morgan fingerprint density at radius 3 is 2.29 bits per heavy atom. The van der Waals surface area contributed by atoms with Gasteiger partial charge in [-0.3, -0.25) is 9.59 Å². The zero-order chi connectivity index (χ0) is 17.8. The molecule has 2 amide bonds. The molecule has 0 atom stereocenters. The molecular weight excluding hydrogens is 328 g/mol. The van der Waals surface area contributed by atoms with Gasteiger partial charge in [0.2, 0.25) is 11.8 Å². The second kappa shape index (κ2) is 7.68. The fraction of sp³-hybridized carbons (Fsp3) is 0.765. The quantitative estimate of drug-likeness (QED) is 0.752. The number of nitrogens with one attached hydrogen (secondary N) is 1. The minimum absolute atomic E-state index is 0.0886. The number of rotatable bonds is 5. The lowest BCUT2D eigenvalue weighted by Gasteiger charge is -2.36. The topological polar surface area (TPSA) is 83.6 Å². The van der Waals surface area contributed by atoms with Crippen molar-refractivity contribution >= 4 is 21.7 Å². The third kappa shape index (κ3) is 4.18. The molecule has 0 spiro atoms. The maximum atomic E-state index is 12.4. The molecule has 2 rings (SSSR count). The lowest BCUT2D eigenvalue weighted by molar-refractivity contribution is -0.132. The molecule has 1 heterocycles. The Kier molecular flexibility index (Phi) is 6.06. The van der Waals surface area contributed by atoms with Crippen LogP contribution >= 0.6 is 0 Å². The Morgan fingerprint density at radius 2 is 1.79 bits per heavy atom. The lowest BCUT2D eigenvalue weighted by atomic mass is 9.87. The molecule has 2 aliphatic rings. The highest BCUT2D eigenvalue weighted by Crippen LogP contribution is 2.34. The number of amides is 2. The summed E-state index contributed by atoms with van der Waals surface area (Å²) >= 11 is 0. The summed E-state index contributed by atoms with van der Waals surface area (Å²) in [5.74, 6) is -0.347. The van der Waals surface area contributed by atoms with Crippen LogP contribution in [0, 0.1) is 5.92 Å². The fourth-order valence-corrected chi connectivity index (χ4v) is 5.12. The van der Waals surface area contributed by atoms with Crippen molar-refractivity contribution in [1.82, 2.24) is 10.2 Å². The zero-order valence-corrected chi connectivity index (χ0v) is 15.2. The van der Waals surface area contributed by atoms with Gasteiger partial charge in [-0.2, -0.15) is 0 Å². The minimum Gasteiger partial charge on any atom is -0.354 e. The average Bonchev–Trinajstić information content (AvgIpc) is 2.59. The second-order valence-electron chi connectivity index (χ2n) is 7.04. The molecule has 0 aromatic heterocycles. The Balaban J connectivity index is 1.90. The summed E-state index contributed by atoms with van der Waals surface area (Å²) < 4.78 is 23.7. The van der Waals surface area contributed by atoms with Crippen molar-refractivity contribution < 1.29 is 18.0 Å². The first kappa shape index (κ1) is 19.0.